The van der Waals surface area contributed by atoms with Crippen LogP contribution in [0.25, 0.3) is 0 Å². The zero-order valence-electron chi connectivity index (χ0n) is 13.3. The second-order valence-corrected chi connectivity index (χ2v) is 8.49. The fraction of sp³-hybridized carbons (Fsp3) is 0.600. The number of nitrogens with one attached hydrogen (secondary N) is 1. The molecule has 0 saturated heterocycles. The minimum Gasteiger partial charge on any atom is -0.310 e. The first-order chi connectivity index (χ1) is 9.85. The van der Waals surface area contributed by atoms with Crippen molar-refractivity contribution in [2.24, 2.45) is 0 Å². The van der Waals surface area contributed by atoms with E-state index in [-0.39, 0.29) is 5.75 Å². The van der Waals surface area contributed by atoms with Gasteiger partial charge in [0.1, 0.15) is 0 Å². The number of nitrogens with zero attached hydrogens (tertiary/aromatic N) is 1. The molecule has 0 fully saturated rings. The number of benzene rings is 1. The van der Waals surface area contributed by atoms with E-state index in [2.05, 4.69) is 19.2 Å². The summed E-state index contributed by atoms with van der Waals surface area (Å²) in [6, 6.07) is 8.19. The van der Waals surface area contributed by atoms with E-state index in [1.54, 1.807) is 18.8 Å². The van der Waals surface area contributed by atoms with Crippen LogP contribution in [0.4, 0.5) is 0 Å². The van der Waals surface area contributed by atoms with Crippen LogP contribution in [0.1, 0.15) is 25.0 Å². The molecule has 0 aromatic heterocycles. The van der Waals surface area contributed by atoms with E-state index in [9.17, 15) is 8.42 Å². The fourth-order valence-electron chi connectivity index (χ4n) is 1.83. The molecule has 0 saturated carbocycles. The monoisotopic (exact) mass is 330 g/mol. The van der Waals surface area contributed by atoms with Gasteiger partial charge in [0, 0.05) is 31.9 Å². The first-order valence-corrected chi connectivity index (χ1v) is 10.1. The first kappa shape index (κ1) is 18.5. The summed E-state index contributed by atoms with van der Waals surface area (Å²) in [6.07, 6.45) is 1.98. The summed E-state index contributed by atoms with van der Waals surface area (Å²) in [4.78, 5) is 0. The Labute approximate surface area is 133 Å². The Hall–Kier alpha value is -0.560. The van der Waals surface area contributed by atoms with Crippen molar-refractivity contribution in [3.05, 3.63) is 35.4 Å². The Morgan fingerprint density at radius 1 is 1.29 bits per heavy atom. The maximum absolute atomic E-state index is 12.3. The lowest BCUT2D eigenvalue weighted by Gasteiger charge is -2.17. The lowest BCUT2D eigenvalue weighted by atomic mass is 10.1. The highest BCUT2D eigenvalue weighted by atomic mass is 32.2. The van der Waals surface area contributed by atoms with Crippen LogP contribution in [0.2, 0.25) is 0 Å². The molecule has 1 N–H and O–H groups in total. The maximum atomic E-state index is 12.3. The van der Waals surface area contributed by atoms with Gasteiger partial charge in [0.2, 0.25) is 10.0 Å². The van der Waals surface area contributed by atoms with Crippen LogP contribution in [0.15, 0.2) is 24.3 Å². The molecule has 0 spiro atoms. The summed E-state index contributed by atoms with van der Waals surface area (Å²) in [5.41, 5.74) is 1.96. The molecule has 21 heavy (non-hydrogen) atoms. The molecule has 6 heteroatoms. The molecule has 120 valence electrons. The Kier molecular flexibility index (Phi) is 7.73. The standard InChI is InChI=1S/C15H26N2O2S2/c1-13(2)16-11-14-6-5-7-15(10-14)12-21(18,19)17(3)8-9-20-4/h5-7,10,13,16H,8-9,11-12H2,1-4H3. The predicted octanol–water partition coefficient (Wildman–Crippen LogP) is 2.31. The Morgan fingerprint density at radius 2 is 1.95 bits per heavy atom. The van der Waals surface area contributed by atoms with Crippen molar-refractivity contribution in [3.8, 4) is 0 Å². The maximum Gasteiger partial charge on any atom is 0.218 e. The zero-order valence-corrected chi connectivity index (χ0v) is 14.9. The molecule has 0 aliphatic heterocycles. The van der Waals surface area contributed by atoms with Gasteiger partial charge in [0.25, 0.3) is 0 Å². The van der Waals surface area contributed by atoms with Crippen LogP contribution < -0.4 is 5.32 Å². The summed E-state index contributed by atoms with van der Waals surface area (Å²) < 4.78 is 26.0. The van der Waals surface area contributed by atoms with Crippen molar-refractivity contribution in [2.45, 2.75) is 32.2 Å². The van der Waals surface area contributed by atoms with Crippen molar-refractivity contribution in [2.75, 3.05) is 25.6 Å². The molecule has 0 radical (unpaired) electrons. The number of rotatable bonds is 9. The van der Waals surface area contributed by atoms with Gasteiger partial charge in [-0.25, -0.2) is 12.7 Å². The van der Waals surface area contributed by atoms with Crippen molar-refractivity contribution in [3.63, 3.8) is 0 Å². The molecular weight excluding hydrogens is 304 g/mol. The minimum atomic E-state index is -3.23. The highest BCUT2D eigenvalue weighted by molar-refractivity contribution is 7.98. The van der Waals surface area contributed by atoms with Gasteiger partial charge in [0.15, 0.2) is 0 Å². The molecule has 0 atom stereocenters. The number of thioether (sulfide) groups is 1. The topological polar surface area (TPSA) is 49.4 Å². The van der Waals surface area contributed by atoms with Gasteiger partial charge in [0.05, 0.1) is 5.75 Å². The highest BCUT2D eigenvalue weighted by Crippen LogP contribution is 2.12. The molecule has 0 aliphatic carbocycles. The van der Waals surface area contributed by atoms with Gasteiger partial charge in [-0.05, 0) is 17.4 Å². The van der Waals surface area contributed by atoms with Crippen LogP contribution in [0.3, 0.4) is 0 Å². The molecule has 0 unspecified atom stereocenters. The van der Waals surface area contributed by atoms with Crippen LogP contribution in [-0.4, -0.2) is 44.4 Å². The molecule has 1 aromatic carbocycles. The quantitative estimate of drug-likeness (QED) is 0.755. The molecule has 0 aliphatic rings. The third kappa shape index (κ3) is 6.82. The van der Waals surface area contributed by atoms with Gasteiger partial charge in [-0.2, -0.15) is 11.8 Å². The van der Waals surface area contributed by atoms with Crippen molar-refractivity contribution in [1.29, 1.82) is 0 Å². The van der Waals surface area contributed by atoms with E-state index in [0.29, 0.717) is 12.6 Å². The van der Waals surface area contributed by atoms with E-state index >= 15 is 0 Å². The second-order valence-electron chi connectivity index (χ2n) is 5.43. The minimum absolute atomic E-state index is 0.0629. The smallest absolute Gasteiger partial charge is 0.218 e. The zero-order chi connectivity index (χ0) is 15.9. The van der Waals surface area contributed by atoms with Gasteiger partial charge < -0.3 is 5.32 Å². The average molecular weight is 331 g/mol. The Bertz CT molecular complexity index is 530. The normalized spacial score (nSPS) is 12.3. The van der Waals surface area contributed by atoms with Crippen LogP contribution in [-0.2, 0) is 22.3 Å². The van der Waals surface area contributed by atoms with Gasteiger partial charge in [-0.1, -0.05) is 38.1 Å². The molecule has 0 bridgehead atoms. The fourth-order valence-corrected chi connectivity index (χ4v) is 3.59. The molecule has 1 aromatic rings. The number of hydrogen-bond donors (Lipinski definition) is 1. The first-order valence-electron chi connectivity index (χ1n) is 7.09. The van der Waals surface area contributed by atoms with E-state index < -0.39 is 10.0 Å². The average Bonchev–Trinajstić information content (AvgIpc) is 2.42. The van der Waals surface area contributed by atoms with Crippen molar-refractivity contribution >= 4 is 21.8 Å². The lowest BCUT2D eigenvalue weighted by molar-refractivity contribution is 0.487. The van der Waals surface area contributed by atoms with Crippen LogP contribution in [0.5, 0.6) is 0 Å². The lowest BCUT2D eigenvalue weighted by Crippen LogP contribution is -2.30. The molecule has 4 nitrogen and oxygen atoms in total. The third-order valence-corrected chi connectivity index (χ3v) is 5.56. The van der Waals surface area contributed by atoms with E-state index in [1.165, 1.54) is 4.31 Å². The van der Waals surface area contributed by atoms with Crippen molar-refractivity contribution in [1.82, 2.24) is 9.62 Å². The largest absolute Gasteiger partial charge is 0.310 e. The number of hydrogen-bond acceptors (Lipinski definition) is 4. The van der Waals surface area contributed by atoms with Crippen molar-refractivity contribution < 1.29 is 8.42 Å². The summed E-state index contributed by atoms with van der Waals surface area (Å²) >= 11 is 1.65. The summed E-state index contributed by atoms with van der Waals surface area (Å²) in [5, 5.41) is 3.34. The van der Waals surface area contributed by atoms with E-state index in [1.807, 2.05) is 30.5 Å². The molecular formula is C15H26N2O2S2. The Balaban J connectivity index is 2.71. The summed E-state index contributed by atoms with van der Waals surface area (Å²) in [7, 11) is -1.59. The van der Waals surface area contributed by atoms with E-state index in [0.717, 1.165) is 23.4 Å². The Morgan fingerprint density at radius 3 is 2.57 bits per heavy atom. The summed E-state index contributed by atoms with van der Waals surface area (Å²) in [6.45, 7) is 5.50. The van der Waals surface area contributed by atoms with Crippen LogP contribution in [0, 0.1) is 0 Å². The number of sulfonamides is 1. The van der Waals surface area contributed by atoms with Gasteiger partial charge >= 0.3 is 0 Å². The van der Waals surface area contributed by atoms with Crippen LogP contribution >= 0.6 is 11.8 Å². The van der Waals surface area contributed by atoms with E-state index in [4.69, 9.17) is 0 Å². The molecule has 0 heterocycles. The second kappa shape index (κ2) is 8.78. The van der Waals surface area contributed by atoms with Gasteiger partial charge in [-0.3, -0.25) is 0 Å². The SMILES string of the molecule is CSCCN(C)S(=O)(=O)Cc1cccc(CNC(C)C)c1. The van der Waals surface area contributed by atoms with Gasteiger partial charge in [-0.15, -0.1) is 0 Å². The molecule has 0 amide bonds. The third-order valence-electron chi connectivity index (χ3n) is 3.14. The highest BCUT2D eigenvalue weighted by Gasteiger charge is 2.18. The molecule has 1 rings (SSSR count). The summed E-state index contributed by atoms with van der Waals surface area (Å²) in [5.74, 6) is 0.876. The predicted molar refractivity (Wildman–Crippen MR) is 92.1 cm³/mol.